The van der Waals surface area contributed by atoms with Gasteiger partial charge in [0, 0.05) is 25.6 Å². The van der Waals surface area contributed by atoms with Gasteiger partial charge in [-0.1, -0.05) is 42.8 Å². The lowest BCUT2D eigenvalue weighted by Gasteiger charge is -2.24. The van der Waals surface area contributed by atoms with Gasteiger partial charge in [0.1, 0.15) is 0 Å². The summed E-state index contributed by atoms with van der Waals surface area (Å²) in [5, 5.41) is 2.47. The highest BCUT2D eigenvalue weighted by molar-refractivity contribution is 5.85. The number of nitrogens with zero attached hydrogens (tertiary/aromatic N) is 1. The van der Waals surface area contributed by atoms with Crippen molar-refractivity contribution in [2.24, 2.45) is 11.7 Å². The molecule has 0 unspecified atom stereocenters. The number of carbonyl (C=O) groups excluding carboxylic acids is 1. The molecule has 2 atom stereocenters. The van der Waals surface area contributed by atoms with Crippen molar-refractivity contribution >= 4 is 29.1 Å². The Labute approximate surface area is 150 Å². The molecule has 3 rings (SSSR count). The molecule has 1 saturated carbocycles. The summed E-state index contributed by atoms with van der Waals surface area (Å²) in [5.41, 5.74) is 7.30. The van der Waals surface area contributed by atoms with Crippen LogP contribution in [0.4, 0.5) is 0 Å². The fourth-order valence-electron chi connectivity index (χ4n) is 3.61. The third-order valence-electron chi connectivity index (χ3n) is 5.08. The zero-order valence-electron chi connectivity index (χ0n) is 14.3. The molecule has 130 valence electrons. The Morgan fingerprint density at radius 3 is 2.58 bits per heavy atom. The lowest BCUT2D eigenvalue weighted by Crippen LogP contribution is -2.34. The van der Waals surface area contributed by atoms with Crippen LogP contribution >= 0.6 is 12.4 Å². The molecular formula is C20H27ClN2O. The molecule has 0 spiro atoms. The van der Waals surface area contributed by atoms with Crippen LogP contribution in [0.3, 0.4) is 0 Å². The van der Waals surface area contributed by atoms with Crippen molar-refractivity contribution in [1.29, 1.82) is 0 Å². The van der Waals surface area contributed by atoms with E-state index in [1.54, 1.807) is 0 Å². The van der Waals surface area contributed by atoms with Gasteiger partial charge in [0.15, 0.2) is 0 Å². The van der Waals surface area contributed by atoms with E-state index in [2.05, 4.69) is 42.5 Å². The highest BCUT2D eigenvalue weighted by Crippen LogP contribution is 2.27. The second kappa shape index (κ2) is 8.50. The molecule has 1 fully saturated rings. The fourth-order valence-corrected chi connectivity index (χ4v) is 3.61. The SMILES string of the molecule is CCN(Cc1ccc2ccccc2c1)C(=O)C[C@@H]1CCC[C@H]1N.Cl. The number of hydrogen-bond acceptors (Lipinski definition) is 2. The summed E-state index contributed by atoms with van der Waals surface area (Å²) in [6.07, 6.45) is 3.92. The minimum atomic E-state index is 0. The first-order valence-corrected chi connectivity index (χ1v) is 8.68. The normalized spacial score (nSPS) is 19.9. The Morgan fingerprint density at radius 2 is 1.92 bits per heavy atom. The minimum absolute atomic E-state index is 0. The number of nitrogens with two attached hydrogens (primary N) is 1. The summed E-state index contributed by atoms with van der Waals surface area (Å²) in [6, 6.07) is 15.0. The van der Waals surface area contributed by atoms with Gasteiger partial charge in [0.05, 0.1) is 0 Å². The Kier molecular flexibility index (Phi) is 6.64. The molecule has 2 aromatic carbocycles. The molecule has 24 heavy (non-hydrogen) atoms. The second-order valence-corrected chi connectivity index (χ2v) is 6.65. The molecule has 1 amide bonds. The van der Waals surface area contributed by atoms with E-state index < -0.39 is 0 Å². The van der Waals surface area contributed by atoms with E-state index in [0.717, 1.165) is 25.8 Å². The van der Waals surface area contributed by atoms with Gasteiger partial charge < -0.3 is 10.6 Å². The van der Waals surface area contributed by atoms with Crippen LogP contribution in [0.15, 0.2) is 42.5 Å². The smallest absolute Gasteiger partial charge is 0.223 e. The van der Waals surface area contributed by atoms with E-state index >= 15 is 0 Å². The topological polar surface area (TPSA) is 46.3 Å². The molecule has 0 heterocycles. The maximum absolute atomic E-state index is 12.6. The maximum Gasteiger partial charge on any atom is 0.223 e. The Balaban J connectivity index is 0.00000208. The van der Waals surface area contributed by atoms with Crippen LogP contribution in [0.25, 0.3) is 10.8 Å². The zero-order valence-corrected chi connectivity index (χ0v) is 15.1. The molecular weight excluding hydrogens is 320 g/mol. The monoisotopic (exact) mass is 346 g/mol. The third-order valence-corrected chi connectivity index (χ3v) is 5.08. The predicted octanol–water partition coefficient (Wildman–Crippen LogP) is 4.13. The van der Waals surface area contributed by atoms with Crippen molar-refractivity contribution < 1.29 is 4.79 Å². The number of benzene rings is 2. The quantitative estimate of drug-likeness (QED) is 0.884. The lowest BCUT2D eigenvalue weighted by molar-refractivity contribution is -0.132. The van der Waals surface area contributed by atoms with E-state index in [1.807, 2.05) is 11.8 Å². The first kappa shape index (κ1) is 18.8. The zero-order chi connectivity index (χ0) is 16.2. The van der Waals surface area contributed by atoms with E-state index in [4.69, 9.17) is 5.73 Å². The lowest BCUT2D eigenvalue weighted by atomic mass is 9.99. The van der Waals surface area contributed by atoms with Crippen molar-refractivity contribution in [3.63, 3.8) is 0 Å². The number of carbonyl (C=O) groups is 1. The molecule has 1 aliphatic rings. The first-order chi connectivity index (χ1) is 11.2. The number of rotatable bonds is 5. The van der Waals surface area contributed by atoms with Gasteiger partial charge in [-0.05, 0) is 48.1 Å². The molecule has 0 bridgehead atoms. The Hall–Kier alpha value is -1.58. The van der Waals surface area contributed by atoms with Crippen LogP contribution in [0, 0.1) is 5.92 Å². The van der Waals surface area contributed by atoms with Crippen molar-refractivity contribution in [3.05, 3.63) is 48.0 Å². The van der Waals surface area contributed by atoms with Crippen molar-refractivity contribution in [2.45, 2.75) is 45.2 Å². The highest BCUT2D eigenvalue weighted by Gasteiger charge is 2.27. The van der Waals surface area contributed by atoms with Crippen molar-refractivity contribution in [1.82, 2.24) is 4.90 Å². The summed E-state index contributed by atoms with van der Waals surface area (Å²) < 4.78 is 0. The number of amides is 1. The van der Waals surface area contributed by atoms with E-state index in [0.29, 0.717) is 18.9 Å². The van der Waals surface area contributed by atoms with E-state index in [1.165, 1.54) is 16.3 Å². The number of hydrogen-bond donors (Lipinski definition) is 1. The largest absolute Gasteiger partial charge is 0.339 e. The van der Waals surface area contributed by atoms with Crippen molar-refractivity contribution in [2.75, 3.05) is 6.54 Å². The summed E-state index contributed by atoms with van der Waals surface area (Å²) in [5.74, 6) is 0.608. The van der Waals surface area contributed by atoms with Gasteiger partial charge in [-0.25, -0.2) is 0 Å². The van der Waals surface area contributed by atoms with Crippen molar-refractivity contribution in [3.8, 4) is 0 Å². The van der Waals surface area contributed by atoms with E-state index in [9.17, 15) is 4.79 Å². The second-order valence-electron chi connectivity index (χ2n) is 6.65. The molecule has 0 aliphatic heterocycles. The standard InChI is InChI=1S/C20H26N2O.ClH/c1-2-22(20(23)13-18-8-5-9-19(18)21)14-15-10-11-16-6-3-4-7-17(16)12-15;/h3-4,6-7,10-12,18-19H,2,5,8-9,13-14,21H2,1H3;1H/t18-,19+;/m0./s1. The molecule has 0 saturated heterocycles. The third kappa shape index (κ3) is 4.28. The minimum Gasteiger partial charge on any atom is -0.339 e. The molecule has 3 nitrogen and oxygen atoms in total. The van der Waals surface area contributed by atoms with Gasteiger partial charge in [0.25, 0.3) is 0 Å². The maximum atomic E-state index is 12.6. The summed E-state index contributed by atoms with van der Waals surface area (Å²) in [7, 11) is 0. The Bertz CT molecular complexity index is 688. The van der Waals surface area contributed by atoms with Crippen LogP contribution in [0.2, 0.25) is 0 Å². The van der Waals surface area contributed by atoms with Gasteiger partial charge in [0.2, 0.25) is 5.91 Å². The summed E-state index contributed by atoms with van der Waals surface area (Å²) in [6.45, 7) is 3.48. The summed E-state index contributed by atoms with van der Waals surface area (Å²) >= 11 is 0. The molecule has 2 aromatic rings. The highest BCUT2D eigenvalue weighted by atomic mass is 35.5. The van der Waals surface area contributed by atoms with Crippen LogP contribution in [0.1, 0.15) is 38.2 Å². The van der Waals surface area contributed by atoms with Crippen LogP contribution in [0.5, 0.6) is 0 Å². The molecule has 2 N–H and O–H groups in total. The van der Waals surface area contributed by atoms with Crippen LogP contribution < -0.4 is 5.73 Å². The number of halogens is 1. The van der Waals surface area contributed by atoms with Gasteiger partial charge >= 0.3 is 0 Å². The number of fused-ring (bicyclic) bond motifs is 1. The van der Waals surface area contributed by atoms with Gasteiger partial charge in [-0.2, -0.15) is 0 Å². The summed E-state index contributed by atoms with van der Waals surface area (Å²) in [4.78, 5) is 14.6. The van der Waals surface area contributed by atoms with Gasteiger partial charge in [-0.15, -0.1) is 12.4 Å². The van der Waals surface area contributed by atoms with Gasteiger partial charge in [-0.3, -0.25) is 4.79 Å². The molecule has 0 aromatic heterocycles. The average molecular weight is 347 g/mol. The molecule has 0 radical (unpaired) electrons. The van der Waals surface area contributed by atoms with Crippen LogP contribution in [-0.2, 0) is 11.3 Å². The Morgan fingerprint density at radius 1 is 1.17 bits per heavy atom. The first-order valence-electron chi connectivity index (χ1n) is 8.68. The average Bonchev–Trinajstić information content (AvgIpc) is 2.97. The van der Waals surface area contributed by atoms with E-state index in [-0.39, 0.29) is 24.4 Å². The molecule has 1 aliphatic carbocycles. The molecule has 4 heteroatoms. The fraction of sp³-hybridized carbons (Fsp3) is 0.450. The predicted molar refractivity (Wildman–Crippen MR) is 102 cm³/mol. The van der Waals surface area contributed by atoms with Crippen LogP contribution in [-0.4, -0.2) is 23.4 Å².